The number of anilines is 2. The quantitative estimate of drug-likeness (QED) is 0.702. The summed E-state index contributed by atoms with van der Waals surface area (Å²) in [5.74, 6) is 1.07. The van der Waals surface area contributed by atoms with Gasteiger partial charge in [-0.05, 0) is 32.9 Å². The van der Waals surface area contributed by atoms with Gasteiger partial charge in [-0.25, -0.2) is 0 Å². The zero-order valence-electron chi connectivity index (χ0n) is 9.90. The van der Waals surface area contributed by atoms with Crippen LogP contribution in [0.1, 0.15) is 20.8 Å². The second kappa shape index (κ2) is 5.55. The molecule has 0 amide bonds. The van der Waals surface area contributed by atoms with E-state index in [0.717, 1.165) is 0 Å². The van der Waals surface area contributed by atoms with Gasteiger partial charge in [-0.1, -0.05) is 0 Å². The van der Waals surface area contributed by atoms with Crippen molar-refractivity contribution in [2.24, 2.45) is 0 Å². The van der Waals surface area contributed by atoms with E-state index in [9.17, 15) is 0 Å². The van der Waals surface area contributed by atoms with E-state index in [1.54, 1.807) is 12.1 Å². The Morgan fingerprint density at radius 1 is 1.44 bits per heavy atom. The van der Waals surface area contributed by atoms with Crippen LogP contribution < -0.4 is 15.8 Å². The lowest BCUT2D eigenvalue weighted by molar-refractivity contribution is 0.234. The molecule has 1 atom stereocenters. The molecule has 1 aromatic heterocycles. The molecule has 0 radical (unpaired) electrons. The van der Waals surface area contributed by atoms with Crippen LogP contribution in [0.15, 0.2) is 12.1 Å². The minimum Gasteiger partial charge on any atom is -0.473 e. The van der Waals surface area contributed by atoms with Gasteiger partial charge in [0.1, 0.15) is 5.82 Å². The number of aliphatic hydroxyl groups is 1. The zero-order valence-corrected chi connectivity index (χ0v) is 9.90. The molecule has 0 saturated carbocycles. The number of nitrogens with zero attached hydrogens (tertiary/aromatic N) is 1. The second-order valence-electron chi connectivity index (χ2n) is 3.99. The molecular weight excluding hydrogens is 206 g/mol. The average Bonchev–Trinajstić information content (AvgIpc) is 2.22. The van der Waals surface area contributed by atoms with Crippen LogP contribution in [0.5, 0.6) is 5.88 Å². The molecule has 0 saturated heterocycles. The highest BCUT2D eigenvalue weighted by Crippen LogP contribution is 2.22. The van der Waals surface area contributed by atoms with Crippen LogP contribution in [-0.2, 0) is 0 Å². The van der Waals surface area contributed by atoms with Crippen molar-refractivity contribution < 1.29 is 9.84 Å². The molecule has 5 heteroatoms. The Labute approximate surface area is 95.6 Å². The summed E-state index contributed by atoms with van der Waals surface area (Å²) in [4.78, 5) is 4.23. The molecule has 0 aliphatic rings. The number of nitrogens with two attached hydrogens (primary N) is 1. The van der Waals surface area contributed by atoms with Crippen LogP contribution >= 0.6 is 0 Å². The van der Waals surface area contributed by atoms with Crippen LogP contribution in [0.3, 0.4) is 0 Å². The summed E-state index contributed by atoms with van der Waals surface area (Å²) < 4.78 is 5.46. The van der Waals surface area contributed by atoms with E-state index in [0.29, 0.717) is 17.4 Å². The highest BCUT2D eigenvalue weighted by atomic mass is 16.5. The van der Waals surface area contributed by atoms with Gasteiger partial charge in [-0.15, -0.1) is 0 Å². The Bertz CT molecular complexity index is 342. The van der Waals surface area contributed by atoms with Crippen LogP contribution in [0.4, 0.5) is 11.5 Å². The molecule has 1 aromatic rings. The third-order valence-electron chi connectivity index (χ3n) is 1.91. The lowest BCUT2D eigenvalue weighted by Crippen LogP contribution is -2.20. The smallest absolute Gasteiger partial charge is 0.239 e. The monoisotopic (exact) mass is 225 g/mol. The molecule has 1 heterocycles. The van der Waals surface area contributed by atoms with Gasteiger partial charge in [0.05, 0.1) is 18.4 Å². The van der Waals surface area contributed by atoms with Gasteiger partial charge in [0, 0.05) is 6.04 Å². The first kappa shape index (κ1) is 12.6. The van der Waals surface area contributed by atoms with Crippen molar-refractivity contribution in [3.63, 3.8) is 0 Å². The molecule has 0 bridgehead atoms. The summed E-state index contributed by atoms with van der Waals surface area (Å²) in [6.07, 6.45) is 0.0281. The standard InChI is InChI=1S/C11H19N3O2/c1-7(2)16-11-9(12)4-5-10(14-11)13-8(3)6-15/h4-5,7-8,15H,6,12H2,1-3H3,(H,13,14). The molecule has 1 rings (SSSR count). The Morgan fingerprint density at radius 3 is 2.69 bits per heavy atom. The molecule has 16 heavy (non-hydrogen) atoms. The maximum atomic E-state index is 8.92. The van der Waals surface area contributed by atoms with Crippen molar-refractivity contribution in [3.05, 3.63) is 12.1 Å². The second-order valence-corrected chi connectivity index (χ2v) is 3.99. The van der Waals surface area contributed by atoms with Crippen molar-refractivity contribution in [2.75, 3.05) is 17.7 Å². The van der Waals surface area contributed by atoms with Gasteiger partial charge in [0.15, 0.2) is 0 Å². The number of ether oxygens (including phenoxy) is 1. The summed E-state index contributed by atoms with van der Waals surface area (Å²) in [5.41, 5.74) is 6.25. The number of hydrogen-bond donors (Lipinski definition) is 3. The highest BCUT2D eigenvalue weighted by molar-refractivity contribution is 5.53. The number of nitrogen functional groups attached to an aromatic ring is 1. The van der Waals surface area contributed by atoms with Crippen molar-refractivity contribution >= 4 is 11.5 Å². The number of nitrogens with one attached hydrogen (secondary N) is 1. The topological polar surface area (TPSA) is 80.4 Å². The normalized spacial score (nSPS) is 12.6. The Kier molecular flexibility index (Phi) is 4.37. The predicted octanol–water partition coefficient (Wildman–Crippen LogP) is 1.24. The van der Waals surface area contributed by atoms with Gasteiger partial charge in [-0.3, -0.25) is 0 Å². The summed E-state index contributed by atoms with van der Waals surface area (Å²) in [7, 11) is 0. The molecule has 0 aromatic carbocycles. The van der Waals surface area contributed by atoms with Crippen molar-refractivity contribution in [2.45, 2.75) is 32.9 Å². The molecule has 1 unspecified atom stereocenters. The molecule has 5 nitrogen and oxygen atoms in total. The van der Waals surface area contributed by atoms with E-state index in [1.807, 2.05) is 20.8 Å². The maximum Gasteiger partial charge on any atom is 0.239 e. The summed E-state index contributed by atoms with van der Waals surface area (Å²) in [6.45, 7) is 5.74. The lowest BCUT2D eigenvalue weighted by Gasteiger charge is -2.15. The van der Waals surface area contributed by atoms with E-state index in [-0.39, 0.29) is 18.8 Å². The molecule has 0 aliphatic carbocycles. The first-order chi connectivity index (χ1) is 7.52. The van der Waals surface area contributed by atoms with E-state index in [4.69, 9.17) is 15.6 Å². The highest BCUT2D eigenvalue weighted by Gasteiger charge is 2.07. The third kappa shape index (κ3) is 3.58. The van der Waals surface area contributed by atoms with Gasteiger partial charge in [-0.2, -0.15) is 4.98 Å². The van der Waals surface area contributed by atoms with E-state index in [1.165, 1.54) is 0 Å². The number of rotatable bonds is 5. The Hall–Kier alpha value is -1.49. The van der Waals surface area contributed by atoms with Gasteiger partial charge in [0.2, 0.25) is 5.88 Å². The van der Waals surface area contributed by atoms with Crippen LogP contribution in [0.25, 0.3) is 0 Å². The minimum absolute atomic E-state index is 0.0281. The van der Waals surface area contributed by atoms with Gasteiger partial charge < -0.3 is 20.9 Å². The van der Waals surface area contributed by atoms with Crippen molar-refractivity contribution in [1.29, 1.82) is 0 Å². The first-order valence-electron chi connectivity index (χ1n) is 5.33. The molecule has 4 N–H and O–H groups in total. The summed E-state index contributed by atoms with van der Waals surface area (Å²) in [5, 5.41) is 12.0. The number of aliphatic hydroxyl groups excluding tert-OH is 1. The van der Waals surface area contributed by atoms with E-state index in [2.05, 4.69) is 10.3 Å². The lowest BCUT2D eigenvalue weighted by atomic mass is 10.3. The summed E-state index contributed by atoms with van der Waals surface area (Å²) >= 11 is 0. The fourth-order valence-electron chi connectivity index (χ4n) is 1.15. The third-order valence-corrected chi connectivity index (χ3v) is 1.91. The Morgan fingerprint density at radius 2 is 2.12 bits per heavy atom. The fraction of sp³-hybridized carbons (Fsp3) is 0.545. The van der Waals surface area contributed by atoms with Crippen LogP contribution in [0.2, 0.25) is 0 Å². The molecule has 0 fully saturated rings. The molecule has 0 spiro atoms. The van der Waals surface area contributed by atoms with Crippen molar-refractivity contribution in [3.8, 4) is 5.88 Å². The van der Waals surface area contributed by atoms with Gasteiger partial charge >= 0.3 is 0 Å². The predicted molar refractivity (Wildman–Crippen MR) is 64.6 cm³/mol. The minimum atomic E-state index is -0.0528. The summed E-state index contributed by atoms with van der Waals surface area (Å²) in [6, 6.07) is 3.44. The van der Waals surface area contributed by atoms with E-state index < -0.39 is 0 Å². The zero-order chi connectivity index (χ0) is 12.1. The largest absolute Gasteiger partial charge is 0.473 e. The Balaban J connectivity index is 2.80. The average molecular weight is 225 g/mol. The van der Waals surface area contributed by atoms with Crippen LogP contribution in [-0.4, -0.2) is 28.8 Å². The van der Waals surface area contributed by atoms with Crippen molar-refractivity contribution in [1.82, 2.24) is 4.98 Å². The molecule has 90 valence electrons. The van der Waals surface area contributed by atoms with Crippen LogP contribution in [0, 0.1) is 0 Å². The number of pyridine rings is 1. The number of aromatic nitrogens is 1. The van der Waals surface area contributed by atoms with Gasteiger partial charge in [0.25, 0.3) is 0 Å². The fourth-order valence-corrected chi connectivity index (χ4v) is 1.15. The molecular formula is C11H19N3O2. The maximum absolute atomic E-state index is 8.92. The van der Waals surface area contributed by atoms with E-state index >= 15 is 0 Å². The first-order valence-corrected chi connectivity index (χ1v) is 5.33. The molecule has 0 aliphatic heterocycles. The number of hydrogen-bond acceptors (Lipinski definition) is 5. The SMILES string of the molecule is CC(CO)Nc1ccc(N)c(OC(C)C)n1.